The standard InChI is InChI=1S/C15H19BrN4/c16-6-9-19-7-3-8-20(11-10-19)15-12-17-13-4-1-2-5-14(13)18-15/h1-2,4-5,12H,3,6-11H2. The maximum Gasteiger partial charge on any atom is 0.147 e. The summed E-state index contributed by atoms with van der Waals surface area (Å²) in [5.74, 6) is 1.00. The first-order chi connectivity index (χ1) is 9.86. The molecule has 0 atom stereocenters. The lowest BCUT2D eigenvalue weighted by molar-refractivity contribution is 0.313. The molecule has 0 saturated carbocycles. The third-order valence-corrected chi connectivity index (χ3v) is 4.10. The van der Waals surface area contributed by atoms with Crippen molar-refractivity contribution >= 4 is 32.8 Å². The average Bonchev–Trinajstić information content (AvgIpc) is 2.73. The zero-order chi connectivity index (χ0) is 13.8. The van der Waals surface area contributed by atoms with E-state index in [1.807, 2.05) is 30.5 Å². The second kappa shape index (κ2) is 6.50. The van der Waals surface area contributed by atoms with Crippen molar-refractivity contribution in [1.29, 1.82) is 0 Å². The van der Waals surface area contributed by atoms with Gasteiger partial charge in [0.2, 0.25) is 0 Å². The third-order valence-electron chi connectivity index (χ3n) is 3.75. The van der Waals surface area contributed by atoms with Crippen LogP contribution >= 0.6 is 15.9 Å². The smallest absolute Gasteiger partial charge is 0.147 e. The molecule has 0 bridgehead atoms. The molecule has 1 aromatic carbocycles. The molecule has 1 fully saturated rings. The molecule has 0 radical (unpaired) electrons. The second-order valence-corrected chi connectivity index (χ2v) is 5.88. The summed E-state index contributed by atoms with van der Waals surface area (Å²) in [5.41, 5.74) is 1.94. The number of halogens is 1. The molecule has 0 unspecified atom stereocenters. The lowest BCUT2D eigenvalue weighted by Gasteiger charge is -2.22. The van der Waals surface area contributed by atoms with E-state index in [0.29, 0.717) is 0 Å². The summed E-state index contributed by atoms with van der Waals surface area (Å²) >= 11 is 3.52. The predicted octanol–water partition coefficient (Wildman–Crippen LogP) is 2.54. The van der Waals surface area contributed by atoms with Crippen molar-refractivity contribution in [2.24, 2.45) is 0 Å². The number of hydrogen-bond acceptors (Lipinski definition) is 4. The maximum atomic E-state index is 4.75. The van der Waals surface area contributed by atoms with E-state index in [0.717, 1.165) is 48.4 Å². The van der Waals surface area contributed by atoms with Gasteiger partial charge in [-0.2, -0.15) is 0 Å². The zero-order valence-electron chi connectivity index (χ0n) is 11.5. The topological polar surface area (TPSA) is 32.3 Å². The van der Waals surface area contributed by atoms with E-state index < -0.39 is 0 Å². The van der Waals surface area contributed by atoms with Gasteiger partial charge in [-0.25, -0.2) is 4.98 Å². The van der Waals surface area contributed by atoms with Crippen molar-refractivity contribution in [1.82, 2.24) is 14.9 Å². The molecule has 1 saturated heterocycles. The minimum absolute atomic E-state index is 0.965. The summed E-state index contributed by atoms with van der Waals surface area (Å²) in [6.07, 6.45) is 3.09. The van der Waals surface area contributed by atoms with Gasteiger partial charge in [-0.1, -0.05) is 28.1 Å². The minimum atomic E-state index is 0.965. The molecule has 1 aliphatic rings. The summed E-state index contributed by atoms with van der Waals surface area (Å²) in [6.45, 7) is 5.48. The van der Waals surface area contributed by atoms with Crippen LogP contribution in [0.15, 0.2) is 30.5 Å². The fourth-order valence-corrected chi connectivity index (χ4v) is 3.14. The first-order valence-corrected chi connectivity index (χ1v) is 8.24. The molecular formula is C15H19BrN4. The molecule has 106 valence electrons. The van der Waals surface area contributed by atoms with Crippen LogP contribution in [0.5, 0.6) is 0 Å². The Hall–Kier alpha value is -1.20. The van der Waals surface area contributed by atoms with E-state index in [1.165, 1.54) is 13.0 Å². The molecule has 1 aromatic heterocycles. The molecule has 5 heteroatoms. The van der Waals surface area contributed by atoms with E-state index >= 15 is 0 Å². The summed E-state index contributed by atoms with van der Waals surface area (Å²) in [5, 5.41) is 1.04. The Morgan fingerprint density at radius 1 is 1.05 bits per heavy atom. The molecule has 3 rings (SSSR count). The lowest BCUT2D eigenvalue weighted by Crippen LogP contribution is -2.32. The molecular weight excluding hydrogens is 316 g/mol. The summed E-state index contributed by atoms with van der Waals surface area (Å²) in [6, 6.07) is 8.05. The second-order valence-electron chi connectivity index (χ2n) is 5.09. The molecule has 0 N–H and O–H groups in total. The van der Waals surface area contributed by atoms with Gasteiger partial charge < -0.3 is 9.80 Å². The van der Waals surface area contributed by atoms with Gasteiger partial charge in [0.15, 0.2) is 0 Å². The van der Waals surface area contributed by atoms with Crippen LogP contribution < -0.4 is 4.90 Å². The number of rotatable bonds is 3. The molecule has 0 amide bonds. The van der Waals surface area contributed by atoms with Crippen LogP contribution in [0.3, 0.4) is 0 Å². The highest BCUT2D eigenvalue weighted by atomic mass is 79.9. The number of fused-ring (bicyclic) bond motifs is 1. The van der Waals surface area contributed by atoms with Gasteiger partial charge in [-0.15, -0.1) is 0 Å². The number of para-hydroxylation sites is 2. The van der Waals surface area contributed by atoms with Crippen LogP contribution in [-0.4, -0.2) is 52.9 Å². The van der Waals surface area contributed by atoms with E-state index in [1.54, 1.807) is 0 Å². The number of hydrogen-bond donors (Lipinski definition) is 0. The molecule has 1 aliphatic heterocycles. The first-order valence-electron chi connectivity index (χ1n) is 7.12. The minimum Gasteiger partial charge on any atom is -0.354 e. The van der Waals surface area contributed by atoms with Crippen LogP contribution in [0.2, 0.25) is 0 Å². The summed E-state index contributed by atoms with van der Waals surface area (Å²) in [4.78, 5) is 14.1. The van der Waals surface area contributed by atoms with Gasteiger partial charge >= 0.3 is 0 Å². The number of nitrogens with zero attached hydrogens (tertiary/aromatic N) is 4. The predicted molar refractivity (Wildman–Crippen MR) is 86.6 cm³/mol. The Morgan fingerprint density at radius 3 is 2.75 bits per heavy atom. The van der Waals surface area contributed by atoms with Crippen molar-refractivity contribution in [3.63, 3.8) is 0 Å². The molecule has 20 heavy (non-hydrogen) atoms. The van der Waals surface area contributed by atoms with Crippen LogP contribution in [0, 0.1) is 0 Å². The van der Waals surface area contributed by atoms with Crippen molar-refractivity contribution in [3.8, 4) is 0 Å². The van der Waals surface area contributed by atoms with Gasteiger partial charge in [-0.3, -0.25) is 4.98 Å². The van der Waals surface area contributed by atoms with Crippen molar-refractivity contribution in [2.45, 2.75) is 6.42 Å². The van der Waals surface area contributed by atoms with Crippen molar-refractivity contribution < 1.29 is 0 Å². The van der Waals surface area contributed by atoms with Crippen molar-refractivity contribution in [3.05, 3.63) is 30.5 Å². The van der Waals surface area contributed by atoms with Gasteiger partial charge in [-0.05, 0) is 25.1 Å². The maximum absolute atomic E-state index is 4.75. The van der Waals surface area contributed by atoms with E-state index in [9.17, 15) is 0 Å². The van der Waals surface area contributed by atoms with Gasteiger partial charge in [0.05, 0.1) is 17.2 Å². The molecule has 2 heterocycles. The van der Waals surface area contributed by atoms with Gasteiger partial charge in [0.1, 0.15) is 5.82 Å². The average molecular weight is 335 g/mol. The van der Waals surface area contributed by atoms with Crippen LogP contribution in [0.25, 0.3) is 11.0 Å². The van der Waals surface area contributed by atoms with Crippen LogP contribution in [0.4, 0.5) is 5.82 Å². The summed E-state index contributed by atoms with van der Waals surface area (Å²) in [7, 11) is 0. The van der Waals surface area contributed by atoms with Gasteiger partial charge in [0.25, 0.3) is 0 Å². The molecule has 4 nitrogen and oxygen atoms in total. The molecule has 0 spiro atoms. The fraction of sp³-hybridized carbons (Fsp3) is 0.467. The van der Waals surface area contributed by atoms with Crippen LogP contribution in [0.1, 0.15) is 6.42 Å². The largest absolute Gasteiger partial charge is 0.354 e. The molecule has 0 aliphatic carbocycles. The highest BCUT2D eigenvalue weighted by molar-refractivity contribution is 9.09. The number of alkyl halides is 1. The zero-order valence-corrected chi connectivity index (χ0v) is 13.1. The van der Waals surface area contributed by atoms with Gasteiger partial charge in [0, 0.05) is 31.5 Å². The normalized spacial score (nSPS) is 17.4. The SMILES string of the molecule is BrCCN1CCCN(c2cnc3ccccc3n2)CC1. The van der Waals surface area contributed by atoms with Crippen LogP contribution in [-0.2, 0) is 0 Å². The fourth-order valence-electron chi connectivity index (χ4n) is 2.64. The molecule has 2 aromatic rings. The van der Waals surface area contributed by atoms with E-state index in [2.05, 4.69) is 30.7 Å². The lowest BCUT2D eigenvalue weighted by atomic mass is 10.3. The van der Waals surface area contributed by atoms with E-state index in [-0.39, 0.29) is 0 Å². The Morgan fingerprint density at radius 2 is 1.90 bits per heavy atom. The monoisotopic (exact) mass is 334 g/mol. The first kappa shape index (κ1) is 13.8. The van der Waals surface area contributed by atoms with E-state index in [4.69, 9.17) is 4.98 Å². The highest BCUT2D eigenvalue weighted by Gasteiger charge is 2.16. The Bertz CT molecular complexity index is 575. The number of benzene rings is 1. The Kier molecular flexibility index (Phi) is 4.47. The number of aromatic nitrogens is 2. The Balaban J connectivity index is 1.77. The quantitative estimate of drug-likeness (QED) is 0.807. The Labute approximate surface area is 127 Å². The summed E-state index contributed by atoms with van der Waals surface area (Å²) < 4.78 is 0. The van der Waals surface area contributed by atoms with Crippen molar-refractivity contribution in [2.75, 3.05) is 43.0 Å². The highest BCUT2D eigenvalue weighted by Crippen LogP contribution is 2.17. The third kappa shape index (κ3) is 3.10. The number of anilines is 1.